The first-order valence-electron chi connectivity index (χ1n) is 12.3. The van der Waals surface area contributed by atoms with Crippen molar-refractivity contribution in [1.82, 2.24) is 30.3 Å². The third kappa shape index (κ3) is 5.58. The van der Waals surface area contributed by atoms with Gasteiger partial charge in [0.05, 0.1) is 24.3 Å². The molecular weight excluding hydrogens is 468 g/mol. The van der Waals surface area contributed by atoms with Gasteiger partial charge in [-0.05, 0) is 38.8 Å². The number of carbonyl (C=O) groups excluding carboxylic acids is 5. The molecule has 12 nitrogen and oxygen atoms in total. The Morgan fingerprint density at radius 1 is 1.00 bits per heavy atom. The molecule has 0 radical (unpaired) electrons. The van der Waals surface area contributed by atoms with E-state index in [1.54, 1.807) is 21.6 Å². The van der Waals surface area contributed by atoms with Crippen molar-refractivity contribution in [3.8, 4) is 0 Å². The molecule has 3 saturated heterocycles. The number of hydrogen-bond acceptors (Lipinski definition) is 7. The fraction of sp³-hybridized carbons (Fsp3) is 0.583. The number of piperidine rings is 1. The predicted molar refractivity (Wildman–Crippen MR) is 127 cm³/mol. The number of carbonyl (C=O) groups is 5. The van der Waals surface area contributed by atoms with Crippen LogP contribution in [0.25, 0.3) is 0 Å². The molecule has 0 bridgehead atoms. The number of rotatable bonds is 4. The summed E-state index contributed by atoms with van der Waals surface area (Å²) in [5.74, 6) is -0.861. The van der Waals surface area contributed by atoms with Crippen LogP contribution in [-0.2, 0) is 14.3 Å². The molecule has 0 aliphatic carbocycles. The molecule has 36 heavy (non-hydrogen) atoms. The van der Waals surface area contributed by atoms with Crippen molar-refractivity contribution in [2.45, 2.75) is 45.1 Å². The maximum absolute atomic E-state index is 13.4. The minimum absolute atomic E-state index is 0.00188. The Morgan fingerprint density at radius 2 is 1.67 bits per heavy atom. The first kappa shape index (κ1) is 25.4. The van der Waals surface area contributed by atoms with Gasteiger partial charge in [-0.3, -0.25) is 24.7 Å². The Hall–Kier alpha value is -3.70. The molecule has 1 unspecified atom stereocenters. The number of likely N-dealkylation sites (tertiary alicyclic amines) is 1. The predicted octanol–water partition coefficient (Wildman–Crippen LogP) is 0.608. The van der Waals surface area contributed by atoms with Crippen LogP contribution in [0, 0.1) is 6.92 Å². The molecule has 3 aliphatic rings. The molecule has 0 saturated carbocycles. The van der Waals surface area contributed by atoms with Crippen molar-refractivity contribution in [3.05, 3.63) is 29.1 Å². The summed E-state index contributed by atoms with van der Waals surface area (Å²) in [5, 5.41) is 4.64. The quantitative estimate of drug-likeness (QED) is 0.617. The maximum atomic E-state index is 13.4. The van der Waals surface area contributed by atoms with Gasteiger partial charge in [-0.1, -0.05) is 0 Å². The number of nitrogens with one attached hydrogen (secondary N) is 2. The molecule has 12 heteroatoms. The Labute approximate surface area is 209 Å². The van der Waals surface area contributed by atoms with Gasteiger partial charge in [0.2, 0.25) is 11.8 Å². The minimum atomic E-state index is -0.856. The Kier molecular flexibility index (Phi) is 7.70. The number of ether oxygens (including phenoxy) is 1. The highest BCUT2D eigenvalue weighted by molar-refractivity contribution is 6.02. The van der Waals surface area contributed by atoms with Crippen LogP contribution < -0.4 is 10.6 Å². The average Bonchev–Trinajstić information content (AvgIpc) is 2.87. The van der Waals surface area contributed by atoms with E-state index < -0.39 is 18.0 Å². The highest BCUT2D eigenvalue weighted by Crippen LogP contribution is 2.30. The van der Waals surface area contributed by atoms with Crippen molar-refractivity contribution in [3.63, 3.8) is 0 Å². The molecule has 1 atom stereocenters. The standard InChI is InChI=1S/C24H32N6O6/c1-3-36-24(35)30-12-10-29(11-13-30)21(32)17-5-4-15(2)25-20(17)16-6-8-28(9-7-16)22(33)18-14-19(31)27-23(34)26-18/h4-5,16,18H,3,6-14H2,1-2H3,(H2,26,27,31,34). The summed E-state index contributed by atoms with van der Waals surface area (Å²) < 4.78 is 5.05. The molecule has 6 amide bonds. The zero-order valence-corrected chi connectivity index (χ0v) is 20.6. The number of pyridine rings is 1. The van der Waals surface area contributed by atoms with E-state index in [0.29, 0.717) is 64.3 Å². The molecular formula is C24H32N6O6. The van der Waals surface area contributed by atoms with Gasteiger partial charge in [0, 0.05) is 50.9 Å². The number of imide groups is 1. The van der Waals surface area contributed by atoms with Gasteiger partial charge in [-0.15, -0.1) is 0 Å². The van der Waals surface area contributed by atoms with E-state index in [9.17, 15) is 24.0 Å². The van der Waals surface area contributed by atoms with Crippen LogP contribution in [0.4, 0.5) is 9.59 Å². The van der Waals surface area contributed by atoms with Gasteiger partial charge in [0.15, 0.2) is 0 Å². The molecule has 1 aromatic rings. The lowest BCUT2D eigenvalue weighted by Crippen LogP contribution is -2.59. The number of aromatic nitrogens is 1. The highest BCUT2D eigenvalue weighted by atomic mass is 16.6. The first-order chi connectivity index (χ1) is 17.3. The van der Waals surface area contributed by atoms with Crippen molar-refractivity contribution < 1.29 is 28.7 Å². The van der Waals surface area contributed by atoms with Crippen molar-refractivity contribution >= 4 is 29.8 Å². The smallest absolute Gasteiger partial charge is 0.409 e. The molecule has 1 aromatic heterocycles. The van der Waals surface area contributed by atoms with Crippen molar-refractivity contribution in [1.29, 1.82) is 0 Å². The molecule has 194 valence electrons. The molecule has 3 aliphatic heterocycles. The van der Waals surface area contributed by atoms with Crippen molar-refractivity contribution in [2.75, 3.05) is 45.9 Å². The lowest BCUT2D eigenvalue weighted by molar-refractivity contribution is -0.137. The normalized spacial score (nSPS) is 21.1. The van der Waals surface area contributed by atoms with Crippen LogP contribution in [0.15, 0.2) is 12.1 Å². The number of hydrogen-bond donors (Lipinski definition) is 2. The molecule has 3 fully saturated rings. The highest BCUT2D eigenvalue weighted by Gasteiger charge is 2.35. The van der Waals surface area contributed by atoms with Gasteiger partial charge in [0.25, 0.3) is 5.91 Å². The van der Waals surface area contributed by atoms with Crippen LogP contribution >= 0.6 is 0 Å². The zero-order valence-electron chi connectivity index (χ0n) is 20.6. The van der Waals surface area contributed by atoms with Crippen LogP contribution in [0.3, 0.4) is 0 Å². The number of aryl methyl sites for hydroxylation is 1. The summed E-state index contributed by atoms with van der Waals surface area (Å²) in [5.41, 5.74) is 2.08. The summed E-state index contributed by atoms with van der Waals surface area (Å²) in [6.45, 7) is 6.49. The third-order valence-corrected chi connectivity index (χ3v) is 6.83. The van der Waals surface area contributed by atoms with Crippen LogP contribution in [0.1, 0.15) is 53.8 Å². The van der Waals surface area contributed by atoms with E-state index in [4.69, 9.17) is 9.72 Å². The van der Waals surface area contributed by atoms with E-state index in [1.165, 1.54) is 0 Å². The summed E-state index contributed by atoms with van der Waals surface area (Å²) in [4.78, 5) is 71.2. The molecule has 0 aromatic carbocycles. The average molecular weight is 501 g/mol. The number of piperazine rings is 1. The topological polar surface area (TPSA) is 141 Å². The number of amides is 6. The summed E-state index contributed by atoms with van der Waals surface area (Å²) >= 11 is 0. The van der Waals surface area contributed by atoms with E-state index >= 15 is 0 Å². The first-order valence-corrected chi connectivity index (χ1v) is 12.3. The largest absolute Gasteiger partial charge is 0.450 e. The van der Waals surface area contributed by atoms with Crippen LogP contribution in [0.2, 0.25) is 0 Å². The Balaban J connectivity index is 1.40. The van der Waals surface area contributed by atoms with E-state index in [2.05, 4.69) is 10.6 Å². The second-order valence-electron chi connectivity index (χ2n) is 9.24. The second-order valence-corrected chi connectivity index (χ2v) is 9.24. The van der Waals surface area contributed by atoms with E-state index in [0.717, 1.165) is 11.4 Å². The van der Waals surface area contributed by atoms with Gasteiger partial charge in [-0.25, -0.2) is 9.59 Å². The summed E-state index contributed by atoms with van der Waals surface area (Å²) in [7, 11) is 0. The second kappa shape index (κ2) is 10.9. The summed E-state index contributed by atoms with van der Waals surface area (Å²) in [6, 6.07) is 2.12. The third-order valence-electron chi connectivity index (χ3n) is 6.83. The molecule has 4 heterocycles. The van der Waals surface area contributed by atoms with E-state index in [1.807, 2.05) is 19.1 Å². The molecule has 4 rings (SSSR count). The maximum Gasteiger partial charge on any atom is 0.409 e. The van der Waals surface area contributed by atoms with Crippen molar-refractivity contribution in [2.24, 2.45) is 0 Å². The minimum Gasteiger partial charge on any atom is -0.450 e. The fourth-order valence-electron chi connectivity index (χ4n) is 4.90. The number of nitrogens with zero attached hydrogens (tertiary/aromatic N) is 4. The zero-order chi connectivity index (χ0) is 25.8. The SMILES string of the molecule is CCOC(=O)N1CCN(C(=O)c2ccc(C)nc2C2CCN(C(=O)C3CC(=O)NC(=O)N3)CC2)CC1. The lowest BCUT2D eigenvalue weighted by atomic mass is 9.89. The molecule has 0 spiro atoms. The monoisotopic (exact) mass is 500 g/mol. The van der Waals surface area contributed by atoms with Crippen LogP contribution in [-0.4, -0.2) is 101 Å². The Bertz CT molecular complexity index is 1030. The Morgan fingerprint density at radius 3 is 2.31 bits per heavy atom. The fourth-order valence-corrected chi connectivity index (χ4v) is 4.90. The van der Waals surface area contributed by atoms with Gasteiger partial charge in [0.1, 0.15) is 6.04 Å². The number of urea groups is 1. The molecule has 2 N–H and O–H groups in total. The van der Waals surface area contributed by atoms with Crippen LogP contribution in [0.5, 0.6) is 0 Å². The lowest BCUT2D eigenvalue weighted by Gasteiger charge is -2.36. The summed E-state index contributed by atoms with van der Waals surface area (Å²) in [6.07, 6.45) is 0.793. The van der Waals surface area contributed by atoms with Gasteiger partial charge < -0.3 is 24.8 Å². The van der Waals surface area contributed by atoms with Gasteiger partial charge >= 0.3 is 12.1 Å². The van der Waals surface area contributed by atoms with Gasteiger partial charge in [-0.2, -0.15) is 0 Å². The van der Waals surface area contributed by atoms with E-state index in [-0.39, 0.29) is 30.2 Å².